The van der Waals surface area contributed by atoms with E-state index in [1.54, 1.807) is 17.7 Å². The first kappa shape index (κ1) is 17.9. The molecule has 0 unspecified atom stereocenters. The molecule has 140 valence electrons. The van der Waals surface area contributed by atoms with Crippen molar-refractivity contribution >= 4 is 39.0 Å². The average molecular weight is 381 g/mol. The normalized spacial score (nSPS) is 13.4. The van der Waals surface area contributed by atoms with Crippen molar-refractivity contribution < 1.29 is 4.79 Å². The number of amides is 1. The number of aromatic nitrogens is 2. The number of hydrogen-bond acceptors (Lipinski definition) is 5. The monoisotopic (exact) mass is 380 g/mol. The van der Waals surface area contributed by atoms with Gasteiger partial charge in [-0.2, -0.15) is 0 Å². The Bertz CT molecular complexity index is 981. The molecule has 1 aliphatic carbocycles. The molecular weight excluding hydrogens is 356 g/mol. The van der Waals surface area contributed by atoms with Gasteiger partial charge >= 0.3 is 0 Å². The molecule has 1 amide bonds. The van der Waals surface area contributed by atoms with E-state index in [4.69, 9.17) is 0 Å². The van der Waals surface area contributed by atoms with E-state index < -0.39 is 0 Å². The van der Waals surface area contributed by atoms with Crippen molar-refractivity contribution in [3.8, 4) is 0 Å². The summed E-state index contributed by atoms with van der Waals surface area (Å²) in [5, 5.41) is 4.19. The molecule has 0 fully saturated rings. The summed E-state index contributed by atoms with van der Waals surface area (Å²) in [6.45, 7) is 2.35. The van der Waals surface area contributed by atoms with Crippen LogP contribution in [0.5, 0.6) is 0 Å². The van der Waals surface area contributed by atoms with Gasteiger partial charge in [-0.3, -0.25) is 4.79 Å². The number of rotatable bonds is 5. The molecular formula is C21H24N4OS. The largest absolute Gasteiger partial charge is 0.350 e. The summed E-state index contributed by atoms with van der Waals surface area (Å²) in [6.07, 6.45) is 7.18. The highest BCUT2D eigenvalue weighted by atomic mass is 32.1. The smallest absolute Gasteiger partial charge is 0.243 e. The van der Waals surface area contributed by atoms with Gasteiger partial charge in [0, 0.05) is 17.6 Å². The Kier molecular flexibility index (Phi) is 5.07. The van der Waals surface area contributed by atoms with Crippen LogP contribution in [0.1, 0.15) is 35.8 Å². The number of thiophene rings is 1. The van der Waals surface area contributed by atoms with Crippen LogP contribution >= 0.6 is 11.3 Å². The van der Waals surface area contributed by atoms with E-state index in [9.17, 15) is 4.79 Å². The fraction of sp³-hybridized carbons (Fsp3) is 0.381. The van der Waals surface area contributed by atoms with Gasteiger partial charge in [-0.05, 0) is 49.3 Å². The number of benzene rings is 1. The van der Waals surface area contributed by atoms with E-state index in [1.165, 1.54) is 23.3 Å². The molecule has 0 saturated carbocycles. The maximum atomic E-state index is 12.6. The number of carbonyl (C=O) groups is 1. The molecule has 0 aliphatic heterocycles. The second-order valence-corrected chi connectivity index (χ2v) is 8.09. The van der Waals surface area contributed by atoms with Crippen LogP contribution in [0.15, 0.2) is 30.6 Å². The zero-order valence-corrected chi connectivity index (χ0v) is 16.6. The van der Waals surface area contributed by atoms with Gasteiger partial charge in [0.05, 0.1) is 11.9 Å². The lowest BCUT2D eigenvalue weighted by molar-refractivity contribution is -0.114. The molecule has 1 N–H and O–H groups in total. The van der Waals surface area contributed by atoms with Crippen LogP contribution in [0.25, 0.3) is 10.2 Å². The molecule has 1 aliphatic rings. The number of fused-ring (bicyclic) bond motifs is 3. The second-order valence-electron chi connectivity index (χ2n) is 7.00. The topological polar surface area (TPSA) is 58.1 Å². The molecule has 0 spiro atoms. The van der Waals surface area contributed by atoms with Gasteiger partial charge in [0.25, 0.3) is 0 Å². The zero-order valence-electron chi connectivity index (χ0n) is 15.8. The third kappa shape index (κ3) is 3.54. The van der Waals surface area contributed by atoms with E-state index in [2.05, 4.69) is 22.2 Å². The number of para-hydroxylation sites is 1. The van der Waals surface area contributed by atoms with Crippen molar-refractivity contribution in [2.45, 2.75) is 39.0 Å². The summed E-state index contributed by atoms with van der Waals surface area (Å²) in [7, 11) is 1.93. The Balaban J connectivity index is 1.57. The summed E-state index contributed by atoms with van der Waals surface area (Å²) >= 11 is 1.78. The van der Waals surface area contributed by atoms with Crippen LogP contribution in [0, 0.1) is 0 Å². The van der Waals surface area contributed by atoms with E-state index in [0.29, 0.717) is 0 Å². The van der Waals surface area contributed by atoms with Crippen molar-refractivity contribution in [2.75, 3.05) is 23.8 Å². The lowest BCUT2D eigenvalue weighted by atomic mass is 9.97. The van der Waals surface area contributed by atoms with Gasteiger partial charge in [0.15, 0.2) is 0 Å². The van der Waals surface area contributed by atoms with Gasteiger partial charge < -0.3 is 10.2 Å². The Morgan fingerprint density at radius 3 is 2.89 bits per heavy atom. The maximum absolute atomic E-state index is 12.6. The summed E-state index contributed by atoms with van der Waals surface area (Å²) in [4.78, 5) is 26.1. The fourth-order valence-corrected chi connectivity index (χ4v) is 5.02. The van der Waals surface area contributed by atoms with Gasteiger partial charge in [0.1, 0.15) is 17.0 Å². The minimum absolute atomic E-state index is 0.0331. The van der Waals surface area contributed by atoms with Gasteiger partial charge in [-0.25, -0.2) is 9.97 Å². The molecule has 1 aromatic carbocycles. The number of likely N-dealkylation sites (N-methyl/N-ethyl adjacent to an activating group) is 1. The summed E-state index contributed by atoms with van der Waals surface area (Å²) in [5.74, 6) is 0.826. The van der Waals surface area contributed by atoms with Crippen LogP contribution in [0.4, 0.5) is 11.5 Å². The standard InChI is InChI=1S/C21H24N4OS/c1-3-14-8-4-6-10-16(14)24-18(26)12-25(2)20-19-15-9-5-7-11-17(15)27-21(19)23-13-22-20/h4,6,8,10,13H,3,5,7,9,11-12H2,1-2H3,(H,24,26). The molecule has 0 saturated heterocycles. The predicted molar refractivity (Wildman–Crippen MR) is 112 cm³/mol. The molecule has 3 aromatic rings. The van der Waals surface area contributed by atoms with Gasteiger partial charge in [-0.15, -0.1) is 11.3 Å². The lowest BCUT2D eigenvalue weighted by Gasteiger charge is -2.20. The van der Waals surface area contributed by atoms with Crippen LogP contribution in [-0.4, -0.2) is 29.5 Å². The number of hydrogen-bond donors (Lipinski definition) is 1. The summed E-state index contributed by atoms with van der Waals surface area (Å²) in [5.41, 5.74) is 3.42. The van der Waals surface area contributed by atoms with Crippen LogP contribution in [-0.2, 0) is 24.1 Å². The van der Waals surface area contributed by atoms with Crippen molar-refractivity contribution in [3.05, 3.63) is 46.6 Å². The maximum Gasteiger partial charge on any atom is 0.243 e. The lowest BCUT2D eigenvalue weighted by Crippen LogP contribution is -2.31. The fourth-order valence-electron chi connectivity index (χ4n) is 3.79. The Morgan fingerprint density at radius 1 is 1.22 bits per heavy atom. The van der Waals surface area contributed by atoms with E-state index in [-0.39, 0.29) is 12.5 Å². The van der Waals surface area contributed by atoms with Crippen molar-refractivity contribution in [2.24, 2.45) is 0 Å². The SMILES string of the molecule is CCc1ccccc1NC(=O)CN(C)c1ncnc2sc3c(c12)CCCC3. The molecule has 0 bridgehead atoms. The molecule has 0 radical (unpaired) electrons. The van der Waals surface area contributed by atoms with Crippen molar-refractivity contribution in [3.63, 3.8) is 0 Å². The van der Waals surface area contributed by atoms with E-state index in [0.717, 1.165) is 46.5 Å². The highest BCUT2D eigenvalue weighted by Crippen LogP contribution is 2.38. The van der Waals surface area contributed by atoms with Crippen LogP contribution < -0.4 is 10.2 Å². The highest BCUT2D eigenvalue weighted by Gasteiger charge is 2.22. The first-order valence-corrected chi connectivity index (χ1v) is 10.3. The zero-order chi connectivity index (χ0) is 18.8. The average Bonchev–Trinajstić information content (AvgIpc) is 3.07. The number of aryl methyl sites for hydroxylation is 3. The van der Waals surface area contributed by atoms with Crippen molar-refractivity contribution in [1.29, 1.82) is 0 Å². The quantitative estimate of drug-likeness (QED) is 0.720. The second kappa shape index (κ2) is 7.64. The van der Waals surface area contributed by atoms with Gasteiger partial charge in [0.2, 0.25) is 5.91 Å². The third-order valence-corrected chi connectivity index (χ3v) is 6.35. The highest BCUT2D eigenvalue weighted by molar-refractivity contribution is 7.19. The van der Waals surface area contributed by atoms with Crippen LogP contribution in [0.3, 0.4) is 0 Å². The summed E-state index contributed by atoms with van der Waals surface area (Å²) in [6, 6.07) is 7.95. The minimum Gasteiger partial charge on any atom is -0.350 e. The van der Waals surface area contributed by atoms with E-state index >= 15 is 0 Å². The molecule has 2 aromatic heterocycles. The van der Waals surface area contributed by atoms with Crippen LogP contribution in [0.2, 0.25) is 0 Å². The molecule has 4 rings (SSSR count). The van der Waals surface area contributed by atoms with E-state index in [1.807, 2.05) is 36.2 Å². The Labute approximate surface area is 163 Å². The summed E-state index contributed by atoms with van der Waals surface area (Å²) < 4.78 is 0. The number of nitrogens with zero attached hydrogens (tertiary/aromatic N) is 3. The molecule has 5 nitrogen and oxygen atoms in total. The van der Waals surface area contributed by atoms with Gasteiger partial charge in [-0.1, -0.05) is 25.1 Å². The Hall–Kier alpha value is -2.47. The molecule has 6 heteroatoms. The van der Waals surface area contributed by atoms with Crippen molar-refractivity contribution in [1.82, 2.24) is 9.97 Å². The minimum atomic E-state index is -0.0331. The first-order chi connectivity index (χ1) is 13.2. The predicted octanol–water partition coefficient (Wildman–Crippen LogP) is 4.21. The first-order valence-electron chi connectivity index (χ1n) is 9.51. The number of anilines is 2. The Morgan fingerprint density at radius 2 is 2.04 bits per heavy atom. The molecule has 0 atom stereocenters. The third-order valence-electron chi connectivity index (χ3n) is 5.15. The number of nitrogens with one attached hydrogen (secondary N) is 1. The number of carbonyl (C=O) groups excluding carboxylic acids is 1. The molecule has 27 heavy (non-hydrogen) atoms. The molecule has 2 heterocycles.